The molecule has 0 bridgehead atoms. The largest absolute Gasteiger partial charge is 0.468 e. The summed E-state index contributed by atoms with van der Waals surface area (Å²) in [6.45, 7) is 2.89. The second-order valence-corrected chi connectivity index (χ2v) is 4.48. The van der Waals surface area contributed by atoms with Crippen LogP contribution in [0, 0.1) is 11.2 Å². The van der Waals surface area contributed by atoms with Crippen LogP contribution in [-0.4, -0.2) is 18.9 Å². The molecule has 0 fully saturated rings. The summed E-state index contributed by atoms with van der Waals surface area (Å²) in [5.74, 6) is -1.73. The summed E-state index contributed by atoms with van der Waals surface area (Å²) in [4.78, 5) is 23.5. The number of methoxy groups -OCH3 is 1. The smallest absolute Gasteiger partial charge is 0.319 e. The van der Waals surface area contributed by atoms with E-state index >= 15 is 0 Å². The Morgan fingerprint density at radius 3 is 2.41 bits per heavy atom. The maximum absolute atomic E-state index is 12.9. The van der Waals surface area contributed by atoms with E-state index < -0.39 is 23.0 Å². The first kappa shape index (κ1) is 13.6. The minimum atomic E-state index is -1.32. The molecule has 3 nitrogen and oxygen atoms in total. The van der Waals surface area contributed by atoms with Gasteiger partial charge in [0.15, 0.2) is 5.78 Å². The van der Waals surface area contributed by atoms with Gasteiger partial charge in [-0.2, -0.15) is 0 Å². The zero-order chi connectivity index (χ0) is 13.2. The van der Waals surface area contributed by atoms with Crippen LogP contribution < -0.4 is 0 Å². The van der Waals surface area contributed by atoms with Crippen LogP contribution in [0.3, 0.4) is 0 Å². The highest BCUT2D eigenvalue weighted by atomic mass is 35.5. The standard InChI is InChI=1S/C12H12ClFO3/c1-12(2,11(16)17-3)10(15)7-4-5-9(14)8(13)6-7/h4-6H,1-3H3. The first-order chi connectivity index (χ1) is 7.80. The van der Waals surface area contributed by atoms with Gasteiger partial charge in [0, 0.05) is 5.56 Å². The van der Waals surface area contributed by atoms with E-state index in [-0.39, 0.29) is 10.6 Å². The molecular weight excluding hydrogens is 247 g/mol. The van der Waals surface area contributed by atoms with Crippen LogP contribution in [-0.2, 0) is 9.53 Å². The lowest BCUT2D eigenvalue weighted by atomic mass is 9.84. The topological polar surface area (TPSA) is 43.4 Å². The van der Waals surface area contributed by atoms with Crippen molar-refractivity contribution in [3.63, 3.8) is 0 Å². The number of hydrogen-bond acceptors (Lipinski definition) is 3. The van der Waals surface area contributed by atoms with Crippen molar-refractivity contribution >= 4 is 23.4 Å². The Kier molecular flexibility index (Phi) is 3.88. The monoisotopic (exact) mass is 258 g/mol. The molecule has 1 aromatic carbocycles. The van der Waals surface area contributed by atoms with Crippen LogP contribution in [0.2, 0.25) is 5.02 Å². The summed E-state index contributed by atoms with van der Waals surface area (Å²) in [6.07, 6.45) is 0. The van der Waals surface area contributed by atoms with Gasteiger partial charge in [0.2, 0.25) is 0 Å². The van der Waals surface area contributed by atoms with E-state index in [0.29, 0.717) is 0 Å². The molecule has 0 unspecified atom stereocenters. The molecule has 0 aromatic heterocycles. The number of benzene rings is 1. The zero-order valence-corrected chi connectivity index (χ0v) is 10.5. The van der Waals surface area contributed by atoms with E-state index in [1.54, 1.807) is 0 Å². The van der Waals surface area contributed by atoms with Crippen LogP contribution in [0.4, 0.5) is 4.39 Å². The molecule has 0 aliphatic heterocycles. The number of Topliss-reactive ketones (excluding diaryl/α,β-unsaturated/α-hetero) is 1. The van der Waals surface area contributed by atoms with Crippen molar-refractivity contribution < 1.29 is 18.7 Å². The molecule has 0 spiro atoms. The highest BCUT2D eigenvalue weighted by molar-refractivity contribution is 6.31. The third-order valence-electron chi connectivity index (χ3n) is 2.45. The summed E-state index contributed by atoms with van der Waals surface area (Å²) in [5, 5.41) is -0.156. The zero-order valence-electron chi connectivity index (χ0n) is 9.71. The fraction of sp³-hybridized carbons (Fsp3) is 0.333. The summed E-state index contributed by atoms with van der Waals surface area (Å²) < 4.78 is 17.5. The van der Waals surface area contributed by atoms with E-state index in [4.69, 9.17) is 11.6 Å². The maximum Gasteiger partial charge on any atom is 0.319 e. The third-order valence-corrected chi connectivity index (χ3v) is 2.73. The Balaban J connectivity index is 3.12. The Bertz CT molecular complexity index is 469. The summed E-state index contributed by atoms with van der Waals surface area (Å²) in [7, 11) is 1.20. The summed E-state index contributed by atoms with van der Waals surface area (Å²) in [5.41, 5.74) is -1.15. The molecule has 0 saturated carbocycles. The molecule has 0 aliphatic rings. The Morgan fingerprint density at radius 1 is 1.35 bits per heavy atom. The van der Waals surface area contributed by atoms with Crippen molar-refractivity contribution in [1.29, 1.82) is 0 Å². The molecule has 0 aliphatic carbocycles. The molecule has 17 heavy (non-hydrogen) atoms. The number of ether oxygens (including phenoxy) is 1. The van der Waals surface area contributed by atoms with Crippen LogP contribution >= 0.6 is 11.6 Å². The maximum atomic E-state index is 12.9. The van der Waals surface area contributed by atoms with Crippen molar-refractivity contribution in [2.24, 2.45) is 5.41 Å². The van der Waals surface area contributed by atoms with E-state index in [1.165, 1.54) is 33.1 Å². The summed E-state index contributed by atoms with van der Waals surface area (Å²) in [6, 6.07) is 3.57. The van der Waals surface area contributed by atoms with Gasteiger partial charge in [-0.25, -0.2) is 4.39 Å². The number of ketones is 1. The molecule has 1 rings (SSSR count). The third kappa shape index (κ3) is 2.64. The molecule has 0 radical (unpaired) electrons. The molecule has 0 atom stereocenters. The Labute approximate surface area is 104 Å². The fourth-order valence-electron chi connectivity index (χ4n) is 1.35. The van der Waals surface area contributed by atoms with Gasteiger partial charge in [-0.15, -0.1) is 0 Å². The number of halogens is 2. The van der Waals surface area contributed by atoms with Crippen LogP contribution in [0.15, 0.2) is 18.2 Å². The van der Waals surface area contributed by atoms with Crippen molar-refractivity contribution in [3.8, 4) is 0 Å². The van der Waals surface area contributed by atoms with Crippen molar-refractivity contribution in [2.45, 2.75) is 13.8 Å². The highest BCUT2D eigenvalue weighted by Gasteiger charge is 2.37. The quantitative estimate of drug-likeness (QED) is 0.476. The number of carbonyl (C=O) groups excluding carboxylic acids is 2. The van der Waals surface area contributed by atoms with E-state index in [9.17, 15) is 14.0 Å². The van der Waals surface area contributed by atoms with Crippen molar-refractivity contribution in [2.75, 3.05) is 7.11 Å². The van der Waals surface area contributed by atoms with Crippen LogP contribution in [0.1, 0.15) is 24.2 Å². The lowest BCUT2D eigenvalue weighted by Gasteiger charge is -2.19. The van der Waals surface area contributed by atoms with E-state index in [0.717, 1.165) is 6.07 Å². The van der Waals surface area contributed by atoms with Crippen LogP contribution in [0.5, 0.6) is 0 Å². The minimum Gasteiger partial charge on any atom is -0.468 e. The average Bonchev–Trinajstić information content (AvgIpc) is 2.30. The lowest BCUT2D eigenvalue weighted by molar-refractivity contribution is -0.147. The van der Waals surface area contributed by atoms with Gasteiger partial charge in [0.25, 0.3) is 0 Å². The number of esters is 1. The predicted molar refractivity (Wildman–Crippen MR) is 61.5 cm³/mol. The Hall–Kier alpha value is -1.42. The van der Waals surface area contributed by atoms with Gasteiger partial charge in [-0.05, 0) is 32.0 Å². The molecule has 0 saturated heterocycles. The average molecular weight is 259 g/mol. The normalized spacial score (nSPS) is 11.1. The first-order valence-electron chi connectivity index (χ1n) is 4.89. The van der Waals surface area contributed by atoms with Crippen molar-refractivity contribution in [3.05, 3.63) is 34.6 Å². The molecule has 0 heterocycles. The minimum absolute atomic E-state index is 0.156. The molecule has 5 heteroatoms. The first-order valence-corrected chi connectivity index (χ1v) is 5.26. The number of rotatable bonds is 3. The highest BCUT2D eigenvalue weighted by Crippen LogP contribution is 2.26. The number of hydrogen-bond donors (Lipinski definition) is 0. The lowest BCUT2D eigenvalue weighted by Crippen LogP contribution is -2.34. The second-order valence-electron chi connectivity index (χ2n) is 4.07. The van der Waals surface area contributed by atoms with Crippen molar-refractivity contribution in [1.82, 2.24) is 0 Å². The van der Waals surface area contributed by atoms with Gasteiger partial charge in [-0.3, -0.25) is 9.59 Å². The second kappa shape index (κ2) is 4.84. The van der Waals surface area contributed by atoms with E-state index in [2.05, 4.69) is 4.74 Å². The number of carbonyl (C=O) groups is 2. The molecule has 0 N–H and O–H groups in total. The molecule has 0 amide bonds. The SMILES string of the molecule is COC(=O)C(C)(C)C(=O)c1ccc(F)c(Cl)c1. The van der Waals surface area contributed by atoms with Gasteiger partial charge >= 0.3 is 5.97 Å². The van der Waals surface area contributed by atoms with Gasteiger partial charge < -0.3 is 4.74 Å². The van der Waals surface area contributed by atoms with Crippen LogP contribution in [0.25, 0.3) is 0 Å². The van der Waals surface area contributed by atoms with Gasteiger partial charge in [0.1, 0.15) is 11.2 Å². The molecular formula is C12H12ClFO3. The van der Waals surface area contributed by atoms with Gasteiger partial charge in [-0.1, -0.05) is 11.6 Å². The fourth-order valence-corrected chi connectivity index (χ4v) is 1.53. The molecule has 92 valence electrons. The summed E-state index contributed by atoms with van der Waals surface area (Å²) >= 11 is 5.58. The van der Waals surface area contributed by atoms with E-state index in [1.807, 2.05) is 0 Å². The molecule has 1 aromatic rings. The predicted octanol–water partition coefficient (Wildman–Crippen LogP) is 2.86. The van der Waals surface area contributed by atoms with Gasteiger partial charge in [0.05, 0.1) is 12.1 Å². The Morgan fingerprint density at radius 2 is 1.94 bits per heavy atom.